The van der Waals surface area contributed by atoms with Crippen LogP contribution in [-0.4, -0.2) is 53.1 Å². The van der Waals surface area contributed by atoms with Gasteiger partial charge in [0.1, 0.15) is 35.5 Å². The second-order valence-electron chi connectivity index (χ2n) is 6.92. The molecule has 0 saturated carbocycles. The number of benzene rings is 2. The summed E-state index contributed by atoms with van der Waals surface area (Å²) in [5.74, 6) is 1.95. The van der Waals surface area contributed by atoms with Gasteiger partial charge in [-0.3, -0.25) is 0 Å². The van der Waals surface area contributed by atoms with Gasteiger partial charge in [0.2, 0.25) is 0 Å². The number of aliphatic hydroxyl groups excluding tert-OH is 1. The number of ether oxygens (including phenoxy) is 2. The zero-order chi connectivity index (χ0) is 21.6. The molecule has 0 aliphatic rings. The van der Waals surface area contributed by atoms with Gasteiger partial charge in [0, 0.05) is 36.6 Å². The minimum absolute atomic E-state index is 0.117. The van der Waals surface area contributed by atoms with Crippen LogP contribution in [0.4, 0.5) is 5.82 Å². The summed E-state index contributed by atoms with van der Waals surface area (Å²) in [5, 5.41) is 11.9. The fourth-order valence-corrected chi connectivity index (χ4v) is 3.43. The molecule has 4 aromatic rings. The third-order valence-corrected chi connectivity index (χ3v) is 4.94. The molecule has 0 radical (unpaired) electrons. The Morgan fingerprint density at radius 3 is 2.68 bits per heavy atom. The highest BCUT2D eigenvalue weighted by molar-refractivity contribution is 5.98. The van der Waals surface area contributed by atoms with Crippen molar-refractivity contribution in [2.24, 2.45) is 0 Å². The largest absolute Gasteiger partial charge is 0.497 e. The van der Waals surface area contributed by atoms with E-state index in [1.165, 1.54) is 6.33 Å². The Morgan fingerprint density at radius 1 is 1.06 bits per heavy atom. The molecule has 8 heteroatoms. The lowest BCUT2D eigenvalue weighted by atomic mass is 10.1. The molecular weight excluding hydrogens is 394 g/mol. The Labute approximate surface area is 180 Å². The number of nitrogens with zero attached hydrogens (tertiary/aromatic N) is 3. The average molecular weight is 419 g/mol. The van der Waals surface area contributed by atoms with Gasteiger partial charge in [-0.15, -0.1) is 0 Å². The number of anilines is 1. The van der Waals surface area contributed by atoms with Crippen molar-refractivity contribution in [2.75, 3.05) is 39.1 Å². The first-order valence-corrected chi connectivity index (χ1v) is 10.0. The van der Waals surface area contributed by atoms with E-state index in [2.05, 4.69) is 15.3 Å². The van der Waals surface area contributed by atoms with E-state index in [9.17, 15) is 0 Å². The van der Waals surface area contributed by atoms with Crippen LogP contribution in [-0.2, 0) is 0 Å². The van der Waals surface area contributed by atoms with Crippen molar-refractivity contribution in [3.05, 3.63) is 61.1 Å². The van der Waals surface area contributed by atoms with Crippen molar-refractivity contribution in [1.82, 2.24) is 19.9 Å². The maximum absolute atomic E-state index is 8.79. The molecule has 0 saturated heterocycles. The van der Waals surface area contributed by atoms with Crippen LogP contribution in [0, 0.1) is 0 Å². The summed E-state index contributed by atoms with van der Waals surface area (Å²) in [7, 11) is 1.64. The highest BCUT2D eigenvalue weighted by Gasteiger charge is 2.16. The number of aromatic nitrogens is 3. The van der Waals surface area contributed by atoms with Crippen LogP contribution in [0.15, 0.2) is 61.1 Å². The van der Waals surface area contributed by atoms with Crippen LogP contribution in [0.25, 0.3) is 27.8 Å². The van der Waals surface area contributed by atoms with Crippen molar-refractivity contribution in [2.45, 2.75) is 0 Å². The van der Waals surface area contributed by atoms with E-state index >= 15 is 0 Å². The molecule has 160 valence electrons. The van der Waals surface area contributed by atoms with E-state index in [1.54, 1.807) is 7.11 Å². The average Bonchev–Trinajstić information content (AvgIpc) is 3.20. The molecule has 31 heavy (non-hydrogen) atoms. The first-order chi connectivity index (χ1) is 15.2. The number of hydrogen-bond acceptors (Lipinski definition) is 7. The summed E-state index contributed by atoms with van der Waals surface area (Å²) in [5.41, 5.74) is 10.6. The minimum Gasteiger partial charge on any atom is -0.497 e. The predicted molar refractivity (Wildman–Crippen MR) is 121 cm³/mol. The molecule has 0 aliphatic carbocycles. The van der Waals surface area contributed by atoms with Gasteiger partial charge in [-0.1, -0.05) is 18.2 Å². The molecule has 0 fully saturated rings. The van der Waals surface area contributed by atoms with Crippen molar-refractivity contribution < 1.29 is 14.6 Å². The highest BCUT2D eigenvalue weighted by atomic mass is 16.5. The topological polar surface area (TPSA) is 107 Å². The van der Waals surface area contributed by atoms with Crippen molar-refractivity contribution in [3.8, 4) is 28.3 Å². The quantitative estimate of drug-likeness (QED) is 0.358. The van der Waals surface area contributed by atoms with Gasteiger partial charge in [-0.2, -0.15) is 0 Å². The van der Waals surface area contributed by atoms with Gasteiger partial charge in [0.25, 0.3) is 0 Å². The van der Waals surface area contributed by atoms with E-state index < -0.39 is 0 Å². The third-order valence-electron chi connectivity index (χ3n) is 4.94. The van der Waals surface area contributed by atoms with Gasteiger partial charge >= 0.3 is 0 Å². The van der Waals surface area contributed by atoms with E-state index in [0.717, 1.165) is 39.3 Å². The fraction of sp³-hybridized carbons (Fsp3) is 0.217. The van der Waals surface area contributed by atoms with Crippen LogP contribution in [0.3, 0.4) is 0 Å². The molecule has 4 N–H and O–H groups in total. The number of methoxy groups -OCH3 is 1. The van der Waals surface area contributed by atoms with Crippen molar-refractivity contribution in [3.63, 3.8) is 0 Å². The Balaban J connectivity index is 1.66. The number of rotatable bonds is 9. The highest BCUT2D eigenvalue weighted by Crippen LogP contribution is 2.34. The lowest BCUT2D eigenvalue weighted by Gasteiger charge is -2.08. The predicted octanol–water partition coefficient (Wildman–Crippen LogP) is 2.64. The van der Waals surface area contributed by atoms with E-state index in [1.807, 2.05) is 59.3 Å². The second-order valence-corrected chi connectivity index (χ2v) is 6.92. The van der Waals surface area contributed by atoms with E-state index in [0.29, 0.717) is 25.5 Å². The summed E-state index contributed by atoms with van der Waals surface area (Å²) in [4.78, 5) is 8.69. The summed E-state index contributed by atoms with van der Waals surface area (Å²) in [6.07, 6.45) is 3.49. The van der Waals surface area contributed by atoms with Gasteiger partial charge in [0.15, 0.2) is 5.82 Å². The first-order valence-electron chi connectivity index (χ1n) is 10.0. The fourth-order valence-electron chi connectivity index (χ4n) is 3.43. The second kappa shape index (κ2) is 9.46. The Kier molecular flexibility index (Phi) is 6.30. The lowest BCUT2D eigenvalue weighted by Crippen LogP contribution is -2.23. The van der Waals surface area contributed by atoms with Gasteiger partial charge in [0.05, 0.1) is 13.7 Å². The maximum atomic E-state index is 8.79. The monoisotopic (exact) mass is 419 g/mol. The van der Waals surface area contributed by atoms with Crippen LogP contribution in [0.1, 0.15) is 0 Å². The summed E-state index contributed by atoms with van der Waals surface area (Å²) < 4.78 is 13.1. The van der Waals surface area contributed by atoms with Crippen LogP contribution in [0.2, 0.25) is 0 Å². The molecule has 0 aliphatic heterocycles. The van der Waals surface area contributed by atoms with Gasteiger partial charge < -0.3 is 30.2 Å². The number of aliphatic hydroxyl groups is 1. The van der Waals surface area contributed by atoms with Crippen molar-refractivity contribution >= 4 is 16.9 Å². The zero-order valence-corrected chi connectivity index (χ0v) is 17.3. The van der Waals surface area contributed by atoms with E-state index in [-0.39, 0.29) is 6.61 Å². The number of hydrogen-bond donors (Lipinski definition) is 3. The molecule has 2 heterocycles. The number of fused-ring (bicyclic) bond motifs is 1. The molecule has 2 aromatic carbocycles. The molecule has 0 spiro atoms. The molecule has 4 rings (SSSR count). The minimum atomic E-state index is 0.117. The molecule has 8 nitrogen and oxygen atoms in total. The Bertz CT molecular complexity index is 1160. The number of nitrogens with one attached hydrogen (secondary N) is 1. The van der Waals surface area contributed by atoms with Crippen molar-refractivity contribution in [1.29, 1.82) is 0 Å². The Hall–Kier alpha value is -3.62. The molecule has 0 atom stereocenters. The van der Waals surface area contributed by atoms with Crippen LogP contribution >= 0.6 is 0 Å². The molecule has 0 amide bonds. The summed E-state index contributed by atoms with van der Waals surface area (Å²) in [6.45, 7) is 1.88. The van der Waals surface area contributed by atoms with Gasteiger partial charge in [-0.05, 0) is 29.8 Å². The smallest absolute Gasteiger partial charge is 0.151 e. The standard InChI is InChI=1S/C23H25N5O3/c1-30-19-4-2-3-17(13-19)28-14-20(21-22(28)23(24)27-15-26-21)16-5-7-18(8-6-16)31-12-10-25-9-11-29/h2-8,13-15,25,29H,9-12H2,1H3,(H2,24,26,27). The molecule has 0 bridgehead atoms. The molecular formula is C23H25N5O3. The summed E-state index contributed by atoms with van der Waals surface area (Å²) >= 11 is 0. The van der Waals surface area contributed by atoms with Crippen LogP contribution < -0.4 is 20.5 Å². The molecule has 2 aromatic heterocycles. The third kappa shape index (κ3) is 4.45. The first kappa shape index (κ1) is 20.6. The Morgan fingerprint density at radius 2 is 1.90 bits per heavy atom. The van der Waals surface area contributed by atoms with Gasteiger partial charge in [-0.25, -0.2) is 9.97 Å². The SMILES string of the molecule is COc1cccc(-n2cc(-c3ccc(OCCNCCO)cc3)c3ncnc(N)c32)c1. The molecule has 0 unspecified atom stereocenters. The number of nitrogens with two attached hydrogens (primary N) is 1. The summed E-state index contributed by atoms with van der Waals surface area (Å²) in [6, 6.07) is 15.6. The van der Waals surface area contributed by atoms with E-state index in [4.69, 9.17) is 20.3 Å². The normalized spacial score (nSPS) is 11.0. The lowest BCUT2D eigenvalue weighted by molar-refractivity contribution is 0.276. The zero-order valence-electron chi connectivity index (χ0n) is 17.3. The maximum Gasteiger partial charge on any atom is 0.151 e. The van der Waals surface area contributed by atoms with Crippen LogP contribution in [0.5, 0.6) is 11.5 Å². The number of nitrogen functional groups attached to an aromatic ring is 1.